The summed E-state index contributed by atoms with van der Waals surface area (Å²) in [5.74, 6) is 0.583. The highest BCUT2D eigenvalue weighted by molar-refractivity contribution is 5.86. The van der Waals surface area contributed by atoms with Gasteiger partial charge in [-0.15, -0.1) is 0 Å². The first-order valence-corrected chi connectivity index (χ1v) is 7.92. The van der Waals surface area contributed by atoms with E-state index in [1.54, 1.807) is 4.90 Å². The molecule has 0 spiro atoms. The number of amides is 1. The van der Waals surface area contributed by atoms with Crippen LogP contribution in [-0.2, 0) is 11.2 Å². The molecule has 1 aromatic heterocycles. The normalized spacial score (nSPS) is 16.5. The number of benzene rings is 1. The van der Waals surface area contributed by atoms with Crippen LogP contribution in [0.4, 0.5) is 0 Å². The Labute approximate surface area is 129 Å². The van der Waals surface area contributed by atoms with E-state index in [2.05, 4.69) is 5.16 Å². The quantitative estimate of drug-likeness (QED) is 0.889. The molecule has 1 saturated carbocycles. The van der Waals surface area contributed by atoms with Crippen LogP contribution in [0.3, 0.4) is 0 Å². The highest BCUT2D eigenvalue weighted by atomic mass is 16.5. The second-order valence-corrected chi connectivity index (χ2v) is 6.18. The maximum Gasteiger partial charge on any atom is 0.229 e. The number of hydrogen-bond acceptors (Lipinski definition) is 4. The molecule has 22 heavy (non-hydrogen) atoms. The molecule has 1 N–H and O–H groups in total. The van der Waals surface area contributed by atoms with Crippen LogP contribution in [0.15, 0.2) is 28.8 Å². The van der Waals surface area contributed by atoms with Crippen molar-refractivity contribution in [3.8, 4) is 0 Å². The van der Waals surface area contributed by atoms with Gasteiger partial charge in [-0.2, -0.15) is 0 Å². The van der Waals surface area contributed by atoms with Gasteiger partial charge in [0, 0.05) is 11.9 Å². The van der Waals surface area contributed by atoms with Crippen molar-refractivity contribution < 1.29 is 14.4 Å². The van der Waals surface area contributed by atoms with E-state index in [1.807, 2.05) is 31.2 Å². The van der Waals surface area contributed by atoms with Crippen molar-refractivity contribution in [2.24, 2.45) is 5.92 Å². The molecule has 0 radical (unpaired) electrons. The van der Waals surface area contributed by atoms with Gasteiger partial charge >= 0.3 is 0 Å². The zero-order valence-electron chi connectivity index (χ0n) is 12.9. The lowest BCUT2D eigenvalue weighted by molar-refractivity contribution is -0.134. The van der Waals surface area contributed by atoms with Gasteiger partial charge in [0.25, 0.3) is 0 Å². The number of aliphatic hydroxyl groups excluding tert-OH is 1. The smallest absolute Gasteiger partial charge is 0.229 e. The number of para-hydroxylation sites is 1. The lowest BCUT2D eigenvalue weighted by atomic mass is 9.85. The molecule has 1 heterocycles. The van der Waals surface area contributed by atoms with Crippen LogP contribution in [0.2, 0.25) is 0 Å². The summed E-state index contributed by atoms with van der Waals surface area (Å²) in [5.41, 5.74) is 1.37. The highest BCUT2D eigenvalue weighted by Crippen LogP contribution is 2.28. The average Bonchev–Trinajstić information content (AvgIpc) is 2.89. The number of carbonyl (C=O) groups is 1. The topological polar surface area (TPSA) is 66.6 Å². The van der Waals surface area contributed by atoms with Crippen molar-refractivity contribution in [3.63, 3.8) is 0 Å². The van der Waals surface area contributed by atoms with E-state index in [0.717, 1.165) is 11.9 Å². The van der Waals surface area contributed by atoms with Gasteiger partial charge in [0.2, 0.25) is 5.91 Å². The molecule has 3 rings (SSSR count). The molecule has 0 aliphatic heterocycles. The fourth-order valence-corrected chi connectivity index (χ4v) is 2.89. The third kappa shape index (κ3) is 2.99. The minimum Gasteiger partial charge on any atom is -0.394 e. The molecule has 1 aliphatic rings. The molecule has 0 saturated heterocycles. The SMILES string of the molecule is C[C@@H](CO)N(CC1CCC1)C(=O)Cc1noc2ccccc12. The Morgan fingerprint density at radius 3 is 2.91 bits per heavy atom. The number of carbonyl (C=O) groups excluding carboxylic acids is 1. The van der Waals surface area contributed by atoms with Crippen LogP contribution < -0.4 is 0 Å². The van der Waals surface area contributed by atoms with E-state index in [-0.39, 0.29) is 25.0 Å². The maximum absolute atomic E-state index is 12.7. The minimum absolute atomic E-state index is 0.00695. The molecule has 5 nitrogen and oxygen atoms in total. The molecule has 1 aliphatic carbocycles. The van der Waals surface area contributed by atoms with Crippen LogP contribution in [0, 0.1) is 5.92 Å². The van der Waals surface area contributed by atoms with Crippen molar-refractivity contribution in [2.75, 3.05) is 13.2 Å². The van der Waals surface area contributed by atoms with Gasteiger partial charge in [-0.1, -0.05) is 23.7 Å². The predicted octanol–water partition coefficient (Wildman–Crippen LogP) is 2.38. The summed E-state index contributed by atoms with van der Waals surface area (Å²) in [6.45, 7) is 2.60. The van der Waals surface area contributed by atoms with Crippen LogP contribution in [0.1, 0.15) is 31.9 Å². The first kappa shape index (κ1) is 15.0. The number of fused-ring (bicyclic) bond motifs is 1. The van der Waals surface area contributed by atoms with E-state index < -0.39 is 0 Å². The van der Waals surface area contributed by atoms with Crippen molar-refractivity contribution in [1.29, 1.82) is 0 Å². The third-order valence-corrected chi connectivity index (χ3v) is 4.57. The summed E-state index contributed by atoms with van der Waals surface area (Å²) >= 11 is 0. The summed E-state index contributed by atoms with van der Waals surface area (Å²) in [6.07, 6.45) is 3.81. The van der Waals surface area contributed by atoms with Gasteiger partial charge in [-0.05, 0) is 37.8 Å². The van der Waals surface area contributed by atoms with Crippen molar-refractivity contribution >= 4 is 16.9 Å². The number of nitrogens with zero attached hydrogens (tertiary/aromatic N) is 2. The van der Waals surface area contributed by atoms with Gasteiger partial charge < -0.3 is 14.5 Å². The summed E-state index contributed by atoms with van der Waals surface area (Å²) in [4.78, 5) is 14.5. The van der Waals surface area contributed by atoms with E-state index >= 15 is 0 Å². The number of aromatic nitrogens is 1. The maximum atomic E-state index is 12.7. The highest BCUT2D eigenvalue weighted by Gasteiger charge is 2.27. The zero-order chi connectivity index (χ0) is 15.5. The van der Waals surface area contributed by atoms with Crippen LogP contribution >= 0.6 is 0 Å². The van der Waals surface area contributed by atoms with Gasteiger partial charge in [-0.3, -0.25) is 4.79 Å². The monoisotopic (exact) mass is 302 g/mol. The van der Waals surface area contributed by atoms with Gasteiger partial charge in [0.15, 0.2) is 5.58 Å². The summed E-state index contributed by atoms with van der Waals surface area (Å²) in [6, 6.07) is 7.40. The second kappa shape index (κ2) is 6.48. The fraction of sp³-hybridized carbons (Fsp3) is 0.529. The Morgan fingerprint density at radius 1 is 1.45 bits per heavy atom. The standard InChI is InChI=1S/C17H22N2O3/c1-12(11-20)19(10-13-5-4-6-13)17(21)9-15-14-7-2-3-8-16(14)22-18-15/h2-3,7-8,12-13,20H,4-6,9-11H2,1H3/t12-/m0/s1. The summed E-state index contributed by atoms with van der Waals surface area (Å²) in [5, 5.41) is 14.3. The van der Waals surface area contributed by atoms with Crippen LogP contribution in [-0.4, -0.2) is 40.3 Å². The third-order valence-electron chi connectivity index (χ3n) is 4.57. The number of aliphatic hydroxyl groups is 1. The number of hydrogen-bond donors (Lipinski definition) is 1. The molecule has 1 amide bonds. The van der Waals surface area contributed by atoms with Crippen LogP contribution in [0.5, 0.6) is 0 Å². The molecule has 118 valence electrons. The summed E-state index contributed by atoms with van der Waals surface area (Å²) in [7, 11) is 0. The number of rotatable bonds is 6. The van der Waals surface area contributed by atoms with E-state index in [4.69, 9.17) is 4.52 Å². The van der Waals surface area contributed by atoms with Crippen LogP contribution in [0.25, 0.3) is 11.0 Å². The lowest BCUT2D eigenvalue weighted by Gasteiger charge is -2.35. The summed E-state index contributed by atoms with van der Waals surface area (Å²) < 4.78 is 5.26. The Bertz CT molecular complexity index is 648. The molecular formula is C17H22N2O3. The van der Waals surface area contributed by atoms with Gasteiger partial charge in [-0.25, -0.2) is 0 Å². The van der Waals surface area contributed by atoms with Gasteiger partial charge in [0.1, 0.15) is 5.69 Å². The van der Waals surface area contributed by atoms with Crippen molar-refractivity contribution in [1.82, 2.24) is 10.1 Å². The first-order valence-electron chi connectivity index (χ1n) is 7.92. The molecule has 0 bridgehead atoms. The molecule has 0 unspecified atom stereocenters. The Balaban J connectivity index is 1.74. The Hall–Kier alpha value is -1.88. The Kier molecular flexibility index (Phi) is 4.43. The van der Waals surface area contributed by atoms with E-state index in [1.165, 1.54) is 19.3 Å². The van der Waals surface area contributed by atoms with E-state index in [0.29, 0.717) is 17.2 Å². The lowest BCUT2D eigenvalue weighted by Crippen LogP contribution is -2.45. The first-order chi connectivity index (χ1) is 10.7. The van der Waals surface area contributed by atoms with E-state index in [9.17, 15) is 9.90 Å². The molecule has 1 aromatic carbocycles. The molecular weight excluding hydrogens is 280 g/mol. The van der Waals surface area contributed by atoms with Crippen molar-refractivity contribution in [3.05, 3.63) is 30.0 Å². The average molecular weight is 302 g/mol. The molecule has 5 heteroatoms. The Morgan fingerprint density at radius 2 is 2.23 bits per heavy atom. The molecule has 1 atom stereocenters. The molecule has 2 aromatic rings. The predicted molar refractivity (Wildman–Crippen MR) is 83.3 cm³/mol. The minimum atomic E-state index is -0.161. The second-order valence-electron chi connectivity index (χ2n) is 6.18. The van der Waals surface area contributed by atoms with Gasteiger partial charge in [0.05, 0.1) is 19.1 Å². The fourth-order valence-electron chi connectivity index (χ4n) is 2.89. The van der Waals surface area contributed by atoms with Crippen molar-refractivity contribution in [2.45, 2.75) is 38.6 Å². The zero-order valence-corrected chi connectivity index (χ0v) is 12.9. The largest absolute Gasteiger partial charge is 0.394 e. The molecule has 1 fully saturated rings.